The highest BCUT2D eigenvalue weighted by Gasteiger charge is 2.31. The molecule has 0 N–H and O–H groups in total. The topological polar surface area (TPSA) is 16.1 Å². The molecule has 1 fully saturated rings. The highest BCUT2D eigenvalue weighted by molar-refractivity contribution is 5.31. The van der Waals surface area contributed by atoms with Crippen LogP contribution in [0.1, 0.15) is 50.9 Å². The van der Waals surface area contributed by atoms with E-state index in [0.29, 0.717) is 5.92 Å². The Labute approximate surface area is 132 Å². The van der Waals surface area contributed by atoms with Gasteiger partial charge in [0.15, 0.2) is 0 Å². The van der Waals surface area contributed by atoms with E-state index in [0.717, 1.165) is 38.5 Å². The largest absolute Gasteiger partial charge is 0.297 e. The van der Waals surface area contributed by atoms with Gasteiger partial charge in [0, 0.05) is 25.4 Å². The Bertz CT molecular complexity index is 515. The van der Waals surface area contributed by atoms with E-state index in [4.69, 9.17) is 0 Å². The van der Waals surface area contributed by atoms with Gasteiger partial charge < -0.3 is 0 Å². The number of aryl methyl sites for hydroxylation is 1. The Morgan fingerprint density at radius 1 is 1.27 bits per heavy atom. The molecule has 1 saturated heterocycles. The van der Waals surface area contributed by atoms with Crippen LogP contribution in [0.5, 0.6) is 0 Å². The van der Waals surface area contributed by atoms with E-state index in [9.17, 15) is 8.78 Å². The molecule has 0 aromatic carbocycles. The predicted octanol–water partition coefficient (Wildman–Crippen LogP) is 4.21. The van der Waals surface area contributed by atoms with Gasteiger partial charge >= 0.3 is 0 Å². The predicted molar refractivity (Wildman–Crippen MR) is 86.5 cm³/mol. The van der Waals surface area contributed by atoms with Crippen molar-refractivity contribution in [2.45, 2.75) is 58.8 Å². The zero-order valence-electron chi connectivity index (χ0n) is 14.4. The van der Waals surface area contributed by atoms with Crippen molar-refractivity contribution in [3.63, 3.8) is 0 Å². The summed E-state index contributed by atoms with van der Waals surface area (Å²) in [6, 6.07) is 2.20. The molecule has 0 radical (unpaired) electrons. The van der Waals surface area contributed by atoms with Crippen molar-refractivity contribution in [2.24, 2.45) is 5.92 Å². The number of nitrogens with zero attached hydrogens (tertiary/aromatic N) is 2. The molecule has 1 aromatic heterocycles. The third-order valence-electron chi connectivity index (χ3n) is 4.34. The number of pyridine rings is 1. The maximum atomic E-state index is 13.1. The average molecular weight is 310 g/mol. The Balaban J connectivity index is 2.01. The van der Waals surface area contributed by atoms with Gasteiger partial charge in [0.05, 0.1) is 6.54 Å². The van der Waals surface area contributed by atoms with Crippen molar-refractivity contribution in [3.8, 4) is 0 Å². The van der Waals surface area contributed by atoms with E-state index in [1.54, 1.807) is 0 Å². The Morgan fingerprint density at radius 2 is 1.95 bits per heavy atom. The van der Waals surface area contributed by atoms with Crippen molar-refractivity contribution in [1.82, 2.24) is 9.88 Å². The minimum absolute atomic E-state index is 0.105. The summed E-state index contributed by atoms with van der Waals surface area (Å²) in [6.45, 7) is 11.1. The second-order valence-corrected chi connectivity index (χ2v) is 7.90. The first-order chi connectivity index (χ1) is 10.0. The first-order valence-corrected chi connectivity index (χ1v) is 8.11. The molecule has 2 heterocycles. The van der Waals surface area contributed by atoms with E-state index in [-0.39, 0.29) is 12.0 Å². The lowest BCUT2D eigenvalue weighted by atomic mass is 9.84. The molecule has 124 valence electrons. The number of alkyl halides is 2. The number of rotatable bonds is 4. The summed E-state index contributed by atoms with van der Waals surface area (Å²) < 4.78 is 26.2. The molecular weight excluding hydrogens is 282 g/mol. The van der Waals surface area contributed by atoms with Crippen molar-refractivity contribution >= 4 is 0 Å². The SMILES string of the molecule is Cc1cnc(CC2CCN(CC(C)(F)F)C2)cc1C(C)(C)C. The standard InChI is InChI=1S/C18H28F2N2/c1-13-10-21-15(9-16(13)17(2,3)4)8-14-6-7-22(11-14)12-18(5,19)20/h9-10,14H,6-8,11-12H2,1-5H3. The normalized spacial score (nSPS) is 20.6. The molecular formula is C18H28F2N2. The van der Waals surface area contributed by atoms with E-state index < -0.39 is 5.92 Å². The van der Waals surface area contributed by atoms with E-state index in [1.807, 2.05) is 11.1 Å². The Morgan fingerprint density at radius 3 is 2.55 bits per heavy atom. The van der Waals surface area contributed by atoms with Crippen LogP contribution in [0.2, 0.25) is 0 Å². The van der Waals surface area contributed by atoms with Gasteiger partial charge in [0.2, 0.25) is 0 Å². The molecule has 0 spiro atoms. The lowest BCUT2D eigenvalue weighted by Gasteiger charge is -2.23. The first kappa shape index (κ1) is 17.3. The summed E-state index contributed by atoms with van der Waals surface area (Å²) >= 11 is 0. The number of halogens is 2. The fraction of sp³-hybridized carbons (Fsp3) is 0.722. The maximum Gasteiger partial charge on any atom is 0.257 e. The van der Waals surface area contributed by atoms with Crippen LogP contribution in [-0.2, 0) is 11.8 Å². The summed E-state index contributed by atoms with van der Waals surface area (Å²) in [4.78, 5) is 6.43. The van der Waals surface area contributed by atoms with Crippen molar-refractivity contribution in [2.75, 3.05) is 19.6 Å². The van der Waals surface area contributed by atoms with Crippen LogP contribution in [-0.4, -0.2) is 35.4 Å². The number of hydrogen-bond acceptors (Lipinski definition) is 2. The minimum Gasteiger partial charge on any atom is -0.297 e. The van der Waals surface area contributed by atoms with Gasteiger partial charge in [-0.05, 0) is 54.8 Å². The van der Waals surface area contributed by atoms with Crippen molar-refractivity contribution in [1.29, 1.82) is 0 Å². The van der Waals surface area contributed by atoms with Gasteiger partial charge in [0.25, 0.3) is 5.92 Å². The zero-order chi connectivity index (χ0) is 16.5. The van der Waals surface area contributed by atoms with Crippen molar-refractivity contribution < 1.29 is 8.78 Å². The molecule has 1 aromatic rings. The van der Waals surface area contributed by atoms with Crippen LogP contribution in [0, 0.1) is 12.8 Å². The molecule has 1 aliphatic heterocycles. The third kappa shape index (κ3) is 4.73. The zero-order valence-corrected chi connectivity index (χ0v) is 14.4. The molecule has 0 bridgehead atoms. The maximum absolute atomic E-state index is 13.1. The first-order valence-electron chi connectivity index (χ1n) is 8.11. The Hall–Kier alpha value is -1.03. The van der Waals surface area contributed by atoms with Crippen LogP contribution in [0.3, 0.4) is 0 Å². The molecule has 2 nitrogen and oxygen atoms in total. The molecule has 2 rings (SSSR count). The Kier molecular flexibility index (Phi) is 4.90. The summed E-state index contributed by atoms with van der Waals surface area (Å²) in [5.74, 6) is -2.17. The number of likely N-dealkylation sites (tertiary alicyclic amines) is 1. The smallest absolute Gasteiger partial charge is 0.257 e. The molecule has 4 heteroatoms. The molecule has 0 aliphatic carbocycles. The van der Waals surface area contributed by atoms with Crippen LogP contribution >= 0.6 is 0 Å². The van der Waals surface area contributed by atoms with Gasteiger partial charge in [-0.25, -0.2) is 8.78 Å². The van der Waals surface area contributed by atoms with Crippen LogP contribution in [0.15, 0.2) is 12.3 Å². The fourth-order valence-corrected chi connectivity index (χ4v) is 3.40. The summed E-state index contributed by atoms with van der Waals surface area (Å²) in [6.07, 6.45) is 3.81. The lowest BCUT2D eigenvalue weighted by molar-refractivity contribution is -0.00937. The van der Waals surface area contributed by atoms with Gasteiger partial charge in [-0.15, -0.1) is 0 Å². The van der Waals surface area contributed by atoms with Gasteiger partial charge in [0.1, 0.15) is 0 Å². The number of aromatic nitrogens is 1. The van der Waals surface area contributed by atoms with E-state index in [1.165, 1.54) is 11.1 Å². The van der Waals surface area contributed by atoms with Crippen LogP contribution < -0.4 is 0 Å². The van der Waals surface area contributed by atoms with Gasteiger partial charge in [-0.3, -0.25) is 9.88 Å². The molecule has 1 aliphatic rings. The summed E-state index contributed by atoms with van der Waals surface area (Å²) in [5.41, 5.74) is 3.74. The summed E-state index contributed by atoms with van der Waals surface area (Å²) in [5, 5.41) is 0. The monoisotopic (exact) mass is 310 g/mol. The van der Waals surface area contributed by atoms with Gasteiger partial charge in [-0.2, -0.15) is 0 Å². The number of hydrogen-bond donors (Lipinski definition) is 0. The quantitative estimate of drug-likeness (QED) is 0.828. The fourth-order valence-electron chi connectivity index (χ4n) is 3.40. The average Bonchev–Trinajstić information content (AvgIpc) is 2.75. The van der Waals surface area contributed by atoms with Crippen LogP contribution in [0.4, 0.5) is 8.78 Å². The molecule has 0 amide bonds. The third-order valence-corrected chi connectivity index (χ3v) is 4.34. The van der Waals surface area contributed by atoms with E-state index >= 15 is 0 Å². The van der Waals surface area contributed by atoms with Crippen LogP contribution in [0.25, 0.3) is 0 Å². The lowest BCUT2D eigenvalue weighted by Crippen LogP contribution is -2.33. The second-order valence-electron chi connectivity index (χ2n) is 7.90. The van der Waals surface area contributed by atoms with E-state index in [2.05, 4.69) is 38.7 Å². The molecule has 0 saturated carbocycles. The van der Waals surface area contributed by atoms with Gasteiger partial charge in [-0.1, -0.05) is 20.8 Å². The van der Waals surface area contributed by atoms with Crippen molar-refractivity contribution in [3.05, 3.63) is 29.1 Å². The second kappa shape index (κ2) is 6.23. The highest BCUT2D eigenvalue weighted by atomic mass is 19.3. The molecule has 22 heavy (non-hydrogen) atoms. The molecule has 1 unspecified atom stereocenters. The summed E-state index contributed by atoms with van der Waals surface area (Å²) in [7, 11) is 0. The minimum atomic E-state index is -2.60. The highest BCUT2D eigenvalue weighted by Crippen LogP contribution is 2.28. The molecule has 1 atom stereocenters.